The molecule has 0 amide bonds. The molecule has 1 unspecified atom stereocenters. The summed E-state index contributed by atoms with van der Waals surface area (Å²) >= 11 is 5.35. The second kappa shape index (κ2) is 7.89. The van der Waals surface area contributed by atoms with Crippen molar-refractivity contribution in [1.29, 1.82) is 0 Å². The highest BCUT2D eigenvalue weighted by molar-refractivity contribution is 7.71. The maximum Gasteiger partial charge on any atom is 0.288 e. The Bertz CT molecular complexity index is 957. The Morgan fingerprint density at radius 2 is 1.96 bits per heavy atom. The van der Waals surface area contributed by atoms with Gasteiger partial charge in [-0.25, -0.2) is 4.68 Å². The number of nitrogens with zero attached hydrogens (tertiary/aromatic N) is 4. The van der Waals surface area contributed by atoms with E-state index in [0.29, 0.717) is 29.8 Å². The summed E-state index contributed by atoms with van der Waals surface area (Å²) < 4.78 is 19.1. The lowest BCUT2D eigenvalue weighted by molar-refractivity contribution is 0.0706. The van der Waals surface area contributed by atoms with Crippen molar-refractivity contribution in [3.05, 3.63) is 65.1 Å². The number of pyridine rings is 1. The number of ether oxygens (including phenoxy) is 2. The second-order valence-corrected chi connectivity index (χ2v) is 6.56. The van der Waals surface area contributed by atoms with Gasteiger partial charge in [-0.15, -0.1) is 5.10 Å². The van der Waals surface area contributed by atoms with Gasteiger partial charge in [0.2, 0.25) is 6.10 Å². The number of aromatic nitrogens is 3. The molecule has 27 heavy (non-hydrogen) atoms. The summed E-state index contributed by atoms with van der Waals surface area (Å²) in [6, 6.07) is 11.5. The lowest BCUT2D eigenvalue weighted by Crippen LogP contribution is -2.27. The zero-order valence-corrected chi connectivity index (χ0v) is 15.8. The van der Waals surface area contributed by atoms with Gasteiger partial charge in [0.1, 0.15) is 6.61 Å². The van der Waals surface area contributed by atoms with Crippen molar-refractivity contribution in [2.24, 2.45) is 0 Å². The summed E-state index contributed by atoms with van der Waals surface area (Å²) in [6.45, 7) is 4.59. The lowest BCUT2D eigenvalue weighted by Gasteiger charge is -2.24. The smallest absolute Gasteiger partial charge is 0.288 e. The molecule has 0 N–H and O–H groups in total. The van der Waals surface area contributed by atoms with Crippen LogP contribution in [-0.4, -0.2) is 32.8 Å². The molecule has 0 aliphatic carbocycles. The molecule has 0 spiro atoms. The van der Waals surface area contributed by atoms with Crippen LogP contribution in [0.4, 0.5) is 0 Å². The summed E-state index contributed by atoms with van der Waals surface area (Å²) in [6.07, 6.45) is 3.17. The van der Waals surface area contributed by atoms with Gasteiger partial charge in [-0.3, -0.25) is 9.88 Å². The molecule has 3 heterocycles. The van der Waals surface area contributed by atoms with Gasteiger partial charge < -0.3 is 13.9 Å². The highest BCUT2D eigenvalue weighted by Gasteiger charge is 2.27. The molecule has 1 atom stereocenters. The topological polar surface area (TPSA) is 65.6 Å². The van der Waals surface area contributed by atoms with Crippen molar-refractivity contribution in [3.8, 4) is 11.5 Å². The van der Waals surface area contributed by atoms with E-state index >= 15 is 0 Å². The molecule has 1 aliphatic heterocycles. The van der Waals surface area contributed by atoms with Crippen LogP contribution in [0, 0.1) is 4.84 Å². The third-order valence-corrected chi connectivity index (χ3v) is 4.64. The average molecular weight is 384 g/mol. The van der Waals surface area contributed by atoms with Crippen molar-refractivity contribution in [3.63, 3.8) is 0 Å². The summed E-state index contributed by atoms with van der Waals surface area (Å²) in [7, 11) is 0. The maximum absolute atomic E-state index is 5.95. The molecule has 0 bridgehead atoms. The molecule has 1 aliphatic rings. The van der Waals surface area contributed by atoms with Gasteiger partial charge in [0.05, 0.1) is 6.67 Å². The molecule has 0 saturated carbocycles. The Balaban J connectivity index is 1.47. The quantitative estimate of drug-likeness (QED) is 0.602. The van der Waals surface area contributed by atoms with E-state index in [1.807, 2.05) is 36.4 Å². The Labute approximate surface area is 162 Å². The summed E-state index contributed by atoms with van der Waals surface area (Å²) in [5, 5.41) is 4.52. The van der Waals surface area contributed by atoms with E-state index < -0.39 is 6.10 Å². The van der Waals surface area contributed by atoms with E-state index in [4.69, 9.17) is 26.1 Å². The van der Waals surface area contributed by atoms with Crippen LogP contribution in [0.5, 0.6) is 11.5 Å². The van der Waals surface area contributed by atoms with E-state index in [0.717, 1.165) is 18.8 Å². The zero-order valence-electron chi connectivity index (χ0n) is 14.9. The van der Waals surface area contributed by atoms with Crippen LogP contribution < -0.4 is 9.47 Å². The molecule has 0 radical (unpaired) electrons. The number of benzene rings is 1. The van der Waals surface area contributed by atoms with E-state index in [9.17, 15) is 0 Å². The first kappa shape index (κ1) is 17.7. The van der Waals surface area contributed by atoms with Crippen molar-refractivity contribution < 1.29 is 13.9 Å². The van der Waals surface area contributed by atoms with Crippen LogP contribution in [0.2, 0.25) is 0 Å². The maximum atomic E-state index is 5.95. The second-order valence-electron chi connectivity index (χ2n) is 6.21. The molecular weight excluding hydrogens is 364 g/mol. The van der Waals surface area contributed by atoms with Crippen LogP contribution in [0.3, 0.4) is 0 Å². The third-order valence-electron chi connectivity index (χ3n) is 4.34. The summed E-state index contributed by atoms with van der Waals surface area (Å²) in [4.78, 5) is 6.59. The predicted molar refractivity (Wildman–Crippen MR) is 101 cm³/mol. The normalized spacial score (nSPS) is 15.9. The Kier molecular flexibility index (Phi) is 5.17. The molecule has 2 aromatic heterocycles. The summed E-state index contributed by atoms with van der Waals surface area (Å²) in [5.41, 5.74) is 1.18. The van der Waals surface area contributed by atoms with Crippen molar-refractivity contribution in [1.82, 2.24) is 19.7 Å². The van der Waals surface area contributed by atoms with Gasteiger partial charge in [0.15, 0.2) is 11.5 Å². The van der Waals surface area contributed by atoms with E-state index in [1.54, 1.807) is 17.1 Å². The number of para-hydroxylation sites is 2. The highest BCUT2D eigenvalue weighted by Crippen LogP contribution is 2.35. The number of rotatable bonds is 6. The monoisotopic (exact) mass is 384 g/mol. The highest BCUT2D eigenvalue weighted by atomic mass is 32.1. The van der Waals surface area contributed by atoms with Gasteiger partial charge in [-0.1, -0.05) is 19.1 Å². The Morgan fingerprint density at radius 1 is 1.19 bits per heavy atom. The third kappa shape index (κ3) is 4.01. The zero-order chi connectivity index (χ0) is 18.6. The first-order chi connectivity index (χ1) is 13.2. The minimum absolute atomic E-state index is 0.320. The molecule has 7 nitrogen and oxygen atoms in total. The van der Waals surface area contributed by atoms with Crippen molar-refractivity contribution in [2.45, 2.75) is 26.2 Å². The fourth-order valence-electron chi connectivity index (χ4n) is 2.88. The SMILES string of the molecule is CCN(Cc1ccncc1)Cn1nc(C2COc3ccccc3O2)oc1=S. The largest absolute Gasteiger partial charge is 0.485 e. The number of fused-ring (bicyclic) bond motifs is 1. The molecular formula is C19H20N4O3S. The fraction of sp³-hybridized carbons (Fsp3) is 0.316. The molecule has 0 saturated heterocycles. The molecule has 3 aromatic rings. The minimum atomic E-state index is -0.418. The van der Waals surface area contributed by atoms with Crippen LogP contribution in [0.25, 0.3) is 0 Å². The van der Waals surface area contributed by atoms with Crippen LogP contribution in [0.1, 0.15) is 24.5 Å². The molecule has 1 aromatic carbocycles. The van der Waals surface area contributed by atoms with Crippen LogP contribution in [-0.2, 0) is 13.2 Å². The van der Waals surface area contributed by atoms with Gasteiger partial charge in [0, 0.05) is 18.9 Å². The molecule has 140 valence electrons. The molecule has 8 heteroatoms. The van der Waals surface area contributed by atoms with Crippen LogP contribution in [0.15, 0.2) is 53.2 Å². The molecule has 4 rings (SSSR count). The molecule has 0 fully saturated rings. The predicted octanol–water partition coefficient (Wildman–Crippen LogP) is 3.59. The van der Waals surface area contributed by atoms with E-state index in [1.165, 1.54) is 5.56 Å². The van der Waals surface area contributed by atoms with Crippen molar-refractivity contribution >= 4 is 12.2 Å². The van der Waals surface area contributed by atoms with Gasteiger partial charge >= 0.3 is 0 Å². The average Bonchev–Trinajstić information content (AvgIpc) is 3.08. The first-order valence-electron chi connectivity index (χ1n) is 8.80. The first-order valence-corrected chi connectivity index (χ1v) is 9.21. The van der Waals surface area contributed by atoms with Gasteiger partial charge in [-0.2, -0.15) is 0 Å². The number of hydrogen-bond donors (Lipinski definition) is 0. The minimum Gasteiger partial charge on any atom is -0.485 e. The van der Waals surface area contributed by atoms with E-state index in [-0.39, 0.29) is 0 Å². The Morgan fingerprint density at radius 3 is 2.74 bits per heavy atom. The van der Waals surface area contributed by atoms with Gasteiger partial charge in [-0.05, 0) is 48.6 Å². The summed E-state index contributed by atoms with van der Waals surface area (Å²) in [5.74, 6) is 1.83. The van der Waals surface area contributed by atoms with Gasteiger partial charge in [0.25, 0.3) is 10.7 Å². The van der Waals surface area contributed by atoms with E-state index in [2.05, 4.69) is 21.9 Å². The number of hydrogen-bond acceptors (Lipinski definition) is 7. The van der Waals surface area contributed by atoms with Crippen molar-refractivity contribution in [2.75, 3.05) is 13.2 Å². The lowest BCUT2D eigenvalue weighted by atomic mass is 10.2. The fourth-order valence-corrected chi connectivity index (χ4v) is 3.06. The standard InChI is InChI=1S/C19H20N4O3S/c1-2-22(11-14-7-9-20-10-8-14)13-23-19(27)26-18(21-23)17-12-24-15-5-3-4-6-16(15)25-17/h3-10,17H,2,11-13H2,1H3. The Hall–Kier alpha value is -2.71. The van der Waals surface area contributed by atoms with Crippen LogP contribution >= 0.6 is 12.2 Å².